The van der Waals surface area contributed by atoms with Crippen molar-refractivity contribution < 1.29 is 4.74 Å². The van der Waals surface area contributed by atoms with Crippen LogP contribution < -0.4 is 10.1 Å². The predicted molar refractivity (Wildman–Crippen MR) is 178 cm³/mol. The molecular formula is C35H46ClN7O. The quantitative estimate of drug-likeness (QED) is 0.0639. The number of nitriles is 1. The molecule has 44 heavy (non-hydrogen) atoms. The average Bonchev–Trinajstić information content (AvgIpc) is 3.04. The normalized spacial score (nSPS) is 14.1. The molecule has 1 unspecified atom stereocenters. The molecule has 2 heterocycles. The number of nitrogens with zero attached hydrogens (tertiary/aromatic N) is 5. The fraction of sp³-hybridized carbons (Fsp3) is 0.457. The highest BCUT2D eigenvalue weighted by atomic mass is 35.5. The predicted octanol–water partition coefficient (Wildman–Crippen LogP) is 6.34. The monoisotopic (exact) mass is 615 g/mol. The lowest BCUT2D eigenvalue weighted by Gasteiger charge is -2.26. The molecule has 1 fully saturated rings. The first-order valence-corrected chi connectivity index (χ1v) is 16.2. The molecule has 2 N–H and O–H groups in total. The van der Waals surface area contributed by atoms with Crippen molar-refractivity contribution in [3.8, 4) is 11.9 Å². The van der Waals surface area contributed by atoms with E-state index in [1.54, 1.807) is 0 Å². The zero-order valence-electron chi connectivity index (χ0n) is 25.9. The van der Waals surface area contributed by atoms with Crippen molar-refractivity contribution in [2.75, 3.05) is 52.9 Å². The van der Waals surface area contributed by atoms with Crippen LogP contribution in [0.1, 0.15) is 61.3 Å². The Hall–Kier alpha value is -3.64. The Morgan fingerprint density at radius 2 is 1.82 bits per heavy atom. The Balaban J connectivity index is 1.21. The van der Waals surface area contributed by atoms with Crippen LogP contribution in [0.5, 0.6) is 5.75 Å². The molecule has 4 rings (SSSR count). The molecule has 0 saturated carbocycles. The highest BCUT2D eigenvalue weighted by Gasteiger charge is 2.17. The van der Waals surface area contributed by atoms with E-state index in [1.807, 2.05) is 47.6 Å². The van der Waals surface area contributed by atoms with Crippen molar-refractivity contribution in [3.63, 3.8) is 0 Å². The van der Waals surface area contributed by atoms with Crippen molar-refractivity contribution in [2.45, 2.75) is 51.0 Å². The number of aromatic nitrogens is 1. The van der Waals surface area contributed by atoms with Crippen LogP contribution in [0.25, 0.3) is 0 Å². The van der Waals surface area contributed by atoms with Gasteiger partial charge in [-0.15, -0.1) is 0 Å². The summed E-state index contributed by atoms with van der Waals surface area (Å²) in [4.78, 5) is 11.4. The first kappa shape index (κ1) is 33.3. The number of benzene rings is 2. The third-order valence-electron chi connectivity index (χ3n) is 8.17. The van der Waals surface area contributed by atoms with Gasteiger partial charge in [0.2, 0.25) is 5.96 Å². The van der Waals surface area contributed by atoms with Crippen LogP contribution in [0, 0.1) is 16.9 Å². The zero-order valence-corrected chi connectivity index (χ0v) is 26.7. The van der Waals surface area contributed by atoms with E-state index in [2.05, 4.69) is 63.5 Å². The zero-order chi connectivity index (χ0) is 31.0. The summed E-state index contributed by atoms with van der Waals surface area (Å²) in [6, 6.07) is 22.5. The Morgan fingerprint density at radius 3 is 2.57 bits per heavy atom. The molecule has 0 amide bonds. The summed E-state index contributed by atoms with van der Waals surface area (Å²) in [7, 11) is 2.13. The van der Waals surface area contributed by atoms with Crippen molar-refractivity contribution in [1.29, 1.82) is 10.7 Å². The number of rotatable bonds is 16. The smallest absolute Gasteiger partial charge is 0.204 e. The lowest BCUT2D eigenvalue weighted by Crippen LogP contribution is -2.41. The van der Waals surface area contributed by atoms with Gasteiger partial charge in [0, 0.05) is 42.5 Å². The van der Waals surface area contributed by atoms with Gasteiger partial charge in [-0.1, -0.05) is 48.4 Å². The molecule has 1 saturated heterocycles. The lowest BCUT2D eigenvalue weighted by molar-refractivity contribution is 0.220. The molecule has 1 aliphatic heterocycles. The first-order valence-electron chi connectivity index (χ1n) is 15.8. The van der Waals surface area contributed by atoms with Gasteiger partial charge in [0.15, 0.2) is 6.19 Å². The number of likely N-dealkylation sites (tertiary alicyclic amines) is 1. The molecule has 1 aromatic heterocycles. The minimum absolute atomic E-state index is 0.136. The molecular weight excluding hydrogens is 570 g/mol. The second kappa shape index (κ2) is 18.2. The van der Waals surface area contributed by atoms with E-state index in [4.69, 9.17) is 27.0 Å². The van der Waals surface area contributed by atoms with Gasteiger partial charge >= 0.3 is 0 Å². The molecule has 0 bridgehead atoms. The minimum Gasteiger partial charge on any atom is -0.494 e. The highest BCUT2D eigenvalue weighted by molar-refractivity contribution is 6.30. The van der Waals surface area contributed by atoms with Gasteiger partial charge in [-0.05, 0) is 113 Å². The second-order valence-electron chi connectivity index (χ2n) is 11.6. The molecule has 234 valence electrons. The van der Waals surface area contributed by atoms with Crippen LogP contribution in [-0.4, -0.2) is 78.6 Å². The van der Waals surface area contributed by atoms with Gasteiger partial charge in [-0.2, -0.15) is 5.26 Å². The van der Waals surface area contributed by atoms with E-state index < -0.39 is 0 Å². The summed E-state index contributed by atoms with van der Waals surface area (Å²) in [5.74, 6) is 1.21. The van der Waals surface area contributed by atoms with Crippen molar-refractivity contribution in [3.05, 3.63) is 94.8 Å². The molecule has 9 heteroatoms. The number of guanidine groups is 1. The number of piperidine rings is 1. The Labute approximate surface area is 268 Å². The van der Waals surface area contributed by atoms with Gasteiger partial charge in [-0.25, -0.2) is 0 Å². The van der Waals surface area contributed by atoms with E-state index >= 15 is 0 Å². The first-order chi connectivity index (χ1) is 21.5. The van der Waals surface area contributed by atoms with Gasteiger partial charge in [0.1, 0.15) is 5.75 Å². The summed E-state index contributed by atoms with van der Waals surface area (Å²) in [6.45, 7) is 7.00. The maximum absolute atomic E-state index is 9.11. The fourth-order valence-corrected chi connectivity index (χ4v) is 5.90. The standard InChI is InChI=1S/C35H46ClN7O/c1-41(24-17-33(34-12-3-4-18-39-34)30-13-15-31(36)16-14-30)19-8-22-43(35(38)40-28-37)23-9-25-44-32-11-7-10-29(26-32)27-42-20-5-2-6-21-42/h3-4,7,10-16,18,26,33H,2,5-6,8-9,17,19-25,27H2,1H3,(H2,38,40). The summed E-state index contributed by atoms with van der Waals surface area (Å²) in [6.07, 6.45) is 10.2. The molecule has 0 spiro atoms. The van der Waals surface area contributed by atoms with Crippen LogP contribution in [-0.2, 0) is 6.54 Å². The van der Waals surface area contributed by atoms with Crippen molar-refractivity contribution >= 4 is 17.6 Å². The molecule has 1 atom stereocenters. The Kier molecular flexibility index (Phi) is 13.8. The van der Waals surface area contributed by atoms with E-state index in [0.29, 0.717) is 19.7 Å². The number of pyridine rings is 1. The second-order valence-corrected chi connectivity index (χ2v) is 12.0. The molecule has 0 radical (unpaired) electrons. The van der Waals surface area contributed by atoms with E-state index in [9.17, 15) is 0 Å². The van der Waals surface area contributed by atoms with Crippen LogP contribution in [0.4, 0.5) is 0 Å². The Bertz CT molecular complexity index is 1310. The van der Waals surface area contributed by atoms with Gasteiger partial charge in [-0.3, -0.25) is 20.6 Å². The summed E-state index contributed by atoms with van der Waals surface area (Å²) in [5, 5.41) is 20.7. The molecule has 1 aliphatic rings. The van der Waals surface area contributed by atoms with Crippen LogP contribution in [0.2, 0.25) is 5.02 Å². The molecule has 3 aromatic rings. The number of hydrogen-bond acceptors (Lipinski definition) is 6. The molecule has 8 nitrogen and oxygen atoms in total. The number of ether oxygens (including phenoxy) is 1. The average molecular weight is 616 g/mol. The topological polar surface area (TPSA) is 91.5 Å². The summed E-state index contributed by atoms with van der Waals surface area (Å²) >= 11 is 6.14. The third kappa shape index (κ3) is 11.1. The lowest BCUT2D eigenvalue weighted by atomic mass is 9.92. The van der Waals surface area contributed by atoms with Gasteiger partial charge < -0.3 is 14.5 Å². The molecule has 0 aliphatic carbocycles. The maximum Gasteiger partial charge on any atom is 0.204 e. The highest BCUT2D eigenvalue weighted by Crippen LogP contribution is 2.28. The molecule has 2 aromatic carbocycles. The van der Waals surface area contributed by atoms with Gasteiger partial charge in [0.05, 0.1) is 6.61 Å². The third-order valence-corrected chi connectivity index (χ3v) is 8.42. The summed E-state index contributed by atoms with van der Waals surface area (Å²) in [5.41, 5.74) is 3.55. The van der Waals surface area contributed by atoms with Crippen LogP contribution >= 0.6 is 11.6 Å². The SMILES string of the molecule is CN(CCCN(CCCOc1cccc(CN2CCCCC2)c1)C(=N)NC#N)CCC(c1ccc(Cl)cc1)c1ccccn1. The van der Waals surface area contributed by atoms with E-state index in [-0.39, 0.29) is 11.9 Å². The van der Waals surface area contributed by atoms with E-state index in [1.165, 1.54) is 43.5 Å². The largest absolute Gasteiger partial charge is 0.494 e. The van der Waals surface area contributed by atoms with Gasteiger partial charge in [0.25, 0.3) is 0 Å². The number of hydrogen-bond donors (Lipinski definition) is 2. The van der Waals surface area contributed by atoms with E-state index in [0.717, 1.165) is 55.4 Å². The Morgan fingerprint density at radius 1 is 1.02 bits per heavy atom. The maximum atomic E-state index is 9.11. The summed E-state index contributed by atoms with van der Waals surface area (Å²) < 4.78 is 6.08. The fourth-order valence-electron chi connectivity index (χ4n) is 5.78. The minimum atomic E-state index is 0.136. The number of halogens is 1. The number of nitrogens with one attached hydrogen (secondary N) is 2. The van der Waals surface area contributed by atoms with Crippen molar-refractivity contribution in [2.24, 2.45) is 0 Å². The van der Waals surface area contributed by atoms with Crippen LogP contribution in [0.15, 0.2) is 72.9 Å². The van der Waals surface area contributed by atoms with Crippen LogP contribution in [0.3, 0.4) is 0 Å². The van der Waals surface area contributed by atoms with Crippen molar-refractivity contribution in [1.82, 2.24) is 25.0 Å².